The fraction of sp³-hybridized carbons (Fsp3) is 0.273. The van der Waals surface area contributed by atoms with E-state index < -0.39 is 11.7 Å². The van der Waals surface area contributed by atoms with Crippen LogP contribution < -0.4 is 5.32 Å². The minimum absolute atomic E-state index is 0.432. The first-order valence-corrected chi connectivity index (χ1v) is 4.54. The van der Waals surface area contributed by atoms with Crippen molar-refractivity contribution in [2.24, 2.45) is 0 Å². The molecular formula is C11H13NO2. The van der Waals surface area contributed by atoms with Crippen molar-refractivity contribution in [3.63, 3.8) is 0 Å². The summed E-state index contributed by atoms with van der Waals surface area (Å²) in [6, 6.07) is 6.94. The second-order valence-corrected chi connectivity index (χ2v) is 3.05. The van der Waals surface area contributed by atoms with Gasteiger partial charge in [0.05, 0.1) is 0 Å². The molecule has 1 amide bonds. The third kappa shape index (κ3) is 2.42. The number of hydrogen-bond donors (Lipinski definition) is 1. The van der Waals surface area contributed by atoms with Crippen LogP contribution in [0.3, 0.4) is 0 Å². The number of carbonyl (C=O) groups is 2. The van der Waals surface area contributed by atoms with Gasteiger partial charge in [-0.05, 0) is 13.8 Å². The van der Waals surface area contributed by atoms with Crippen molar-refractivity contribution in [2.45, 2.75) is 13.8 Å². The molecule has 74 valence electrons. The Bertz CT molecular complexity index is 341. The minimum Gasteiger partial charge on any atom is -0.349 e. The highest BCUT2D eigenvalue weighted by molar-refractivity contribution is 6.42. The van der Waals surface area contributed by atoms with E-state index in [4.69, 9.17) is 0 Å². The molecule has 0 unspecified atom stereocenters. The fourth-order valence-electron chi connectivity index (χ4n) is 1.08. The molecule has 0 atom stereocenters. The normalized spacial score (nSPS) is 9.57. The monoisotopic (exact) mass is 191 g/mol. The number of aryl methyl sites for hydroxylation is 1. The average Bonchev–Trinajstić information content (AvgIpc) is 2.18. The lowest BCUT2D eigenvalue weighted by Crippen LogP contribution is -2.30. The van der Waals surface area contributed by atoms with Crippen LogP contribution in [0.15, 0.2) is 24.3 Å². The molecule has 0 heterocycles. The van der Waals surface area contributed by atoms with Crippen LogP contribution in [0.1, 0.15) is 22.8 Å². The maximum atomic E-state index is 11.4. The number of likely N-dealkylation sites (N-methyl/N-ethyl adjacent to an activating group) is 1. The van der Waals surface area contributed by atoms with Gasteiger partial charge in [0.2, 0.25) is 5.78 Å². The smallest absolute Gasteiger partial charge is 0.292 e. The molecule has 0 aliphatic rings. The lowest BCUT2D eigenvalue weighted by atomic mass is 10.1. The van der Waals surface area contributed by atoms with Crippen molar-refractivity contribution in [1.82, 2.24) is 5.32 Å². The van der Waals surface area contributed by atoms with Crippen molar-refractivity contribution in [3.05, 3.63) is 35.4 Å². The van der Waals surface area contributed by atoms with E-state index in [0.29, 0.717) is 12.1 Å². The summed E-state index contributed by atoms with van der Waals surface area (Å²) in [7, 11) is 0. The largest absolute Gasteiger partial charge is 0.349 e. The average molecular weight is 191 g/mol. The molecular weight excluding hydrogens is 178 g/mol. The number of benzene rings is 1. The number of ketones is 1. The van der Waals surface area contributed by atoms with Crippen LogP contribution in [0.4, 0.5) is 0 Å². The van der Waals surface area contributed by atoms with Crippen LogP contribution in [0.2, 0.25) is 0 Å². The Morgan fingerprint density at radius 2 is 1.79 bits per heavy atom. The lowest BCUT2D eigenvalue weighted by molar-refractivity contribution is -0.116. The maximum absolute atomic E-state index is 11.4. The van der Waals surface area contributed by atoms with E-state index in [9.17, 15) is 9.59 Å². The summed E-state index contributed by atoms with van der Waals surface area (Å²) in [5, 5.41) is 2.47. The number of Topliss-reactive ketones (excluding diaryl/α,β-unsaturated/α-hetero) is 1. The van der Waals surface area contributed by atoms with Gasteiger partial charge in [0.15, 0.2) is 0 Å². The second-order valence-electron chi connectivity index (χ2n) is 3.05. The van der Waals surface area contributed by atoms with E-state index in [1.807, 2.05) is 19.1 Å². The summed E-state index contributed by atoms with van der Waals surface area (Å²) >= 11 is 0. The summed E-state index contributed by atoms with van der Waals surface area (Å²) in [6.45, 7) is 4.18. The van der Waals surface area contributed by atoms with E-state index >= 15 is 0 Å². The highest BCUT2D eigenvalue weighted by Crippen LogP contribution is 2.03. The zero-order valence-electron chi connectivity index (χ0n) is 8.33. The third-order valence-electron chi connectivity index (χ3n) is 1.86. The first-order chi connectivity index (χ1) is 6.65. The zero-order valence-corrected chi connectivity index (χ0v) is 8.33. The Morgan fingerprint density at radius 3 is 2.29 bits per heavy atom. The van der Waals surface area contributed by atoms with Gasteiger partial charge in [-0.1, -0.05) is 29.8 Å². The van der Waals surface area contributed by atoms with Crippen LogP contribution in [-0.2, 0) is 4.79 Å². The topological polar surface area (TPSA) is 46.2 Å². The molecule has 0 bridgehead atoms. The summed E-state index contributed by atoms with van der Waals surface area (Å²) in [5.74, 6) is -1.02. The van der Waals surface area contributed by atoms with Gasteiger partial charge in [-0.3, -0.25) is 9.59 Å². The van der Waals surface area contributed by atoms with Gasteiger partial charge in [-0.2, -0.15) is 0 Å². The Balaban J connectivity index is 2.79. The van der Waals surface area contributed by atoms with E-state index in [0.717, 1.165) is 5.56 Å². The number of amides is 1. The molecule has 0 saturated heterocycles. The minimum atomic E-state index is -0.545. The van der Waals surface area contributed by atoms with Gasteiger partial charge >= 0.3 is 0 Å². The van der Waals surface area contributed by atoms with Gasteiger partial charge in [-0.25, -0.2) is 0 Å². The van der Waals surface area contributed by atoms with E-state index in [2.05, 4.69) is 5.32 Å². The van der Waals surface area contributed by atoms with Crippen molar-refractivity contribution < 1.29 is 9.59 Å². The molecule has 0 saturated carbocycles. The molecule has 0 aromatic heterocycles. The maximum Gasteiger partial charge on any atom is 0.292 e. The summed E-state index contributed by atoms with van der Waals surface area (Å²) in [4.78, 5) is 22.6. The molecule has 0 radical (unpaired) electrons. The number of carbonyl (C=O) groups excluding carboxylic acids is 2. The first kappa shape index (κ1) is 10.4. The van der Waals surface area contributed by atoms with Crippen molar-refractivity contribution >= 4 is 11.7 Å². The number of nitrogens with one attached hydrogen (secondary N) is 1. The van der Waals surface area contributed by atoms with Gasteiger partial charge in [0.25, 0.3) is 5.91 Å². The molecule has 0 aliphatic heterocycles. The van der Waals surface area contributed by atoms with Crippen LogP contribution in [0, 0.1) is 6.92 Å². The summed E-state index contributed by atoms with van der Waals surface area (Å²) < 4.78 is 0. The molecule has 1 aromatic rings. The van der Waals surface area contributed by atoms with Crippen LogP contribution in [0.25, 0.3) is 0 Å². The predicted molar refractivity (Wildman–Crippen MR) is 54.2 cm³/mol. The molecule has 3 heteroatoms. The highest BCUT2D eigenvalue weighted by Gasteiger charge is 2.13. The van der Waals surface area contributed by atoms with Crippen LogP contribution in [-0.4, -0.2) is 18.2 Å². The molecule has 1 rings (SSSR count). The van der Waals surface area contributed by atoms with Gasteiger partial charge < -0.3 is 5.32 Å². The standard InChI is InChI=1S/C11H13NO2/c1-3-12-11(14)10(13)9-6-4-8(2)5-7-9/h4-7H,3H2,1-2H3,(H,12,14). The quantitative estimate of drug-likeness (QED) is 0.578. The Morgan fingerprint density at radius 1 is 1.21 bits per heavy atom. The van der Waals surface area contributed by atoms with E-state index in [-0.39, 0.29) is 0 Å². The SMILES string of the molecule is CCNC(=O)C(=O)c1ccc(C)cc1. The molecule has 1 aromatic carbocycles. The molecule has 1 N–H and O–H groups in total. The van der Waals surface area contributed by atoms with Crippen molar-refractivity contribution in [3.8, 4) is 0 Å². The zero-order chi connectivity index (χ0) is 10.6. The van der Waals surface area contributed by atoms with E-state index in [1.54, 1.807) is 19.1 Å². The Labute approximate surface area is 83.1 Å². The Hall–Kier alpha value is -1.64. The van der Waals surface area contributed by atoms with Crippen molar-refractivity contribution in [1.29, 1.82) is 0 Å². The lowest BCUT2D eigenvalue weighted by Gasteiger charge is -2.01. The van der Waals surface area contributed by atoms with Crippen molar-refractivity contribution in [2.75, 3.05) is 6.54 Å². The van der Waals surface area contributed by atoms with E-state index in [1.165, 1.54) is 0 Å². The third-order valence-corrected chi connectivity index (χ3v) is 1.86. The Kier molecular flexibility index (Phi) is 3.40. The molecule has 14 heavy (non-hydrogen) atoms. The van der Waals surface area contributed by atoms with Gasteiger partial charge in [-0.15, -0.1) is 0 Å². The second kappa shape index (κ2) is 4.56. The molecule has 0 fully saturated rings. The summed E-state index contributed by atoms with van der Waals surface area (Å²) in [5.41, 5.74) is 1.50. The number of rotatable bonds is 3. The number of hydrogen-bond acceptors (Lipinski definition) is 2. The predicted octanol–water partition coefficient (Wildman–Crippen LogP) is 1.31. The molecule has 3 nitrogen and oxygen atoms in total. The van der Waals surface area contributed by atoms with Crippen LogP contribution in [0.5, 0.6) is 0 Å². The van der Waals surface area contributed by atoms with Gasteiger partial charge in [0, 0.05) is 12.1 Å². The first-order valence-electron chi connectivity index (χ1n) is 4.54. The molecule has 0 aliphatic carbocycles. The van der Waals surface area contributed by atoms with Gasteiger partial charge in [0.1, 0.15) is 0 Å². The summed E-state index contributed by atoms with van der Waals surface area (Å²) in [6.07, 6.45) is 0. The fourth-order valence-corrected chi connectivity index (χ4v) is 1.08. The van der Waals surface area contributed by atoms with Crippen LogP contribution >= 0.6 is 0 Å². The highest BCUT2D eigenvalue weighted by atomic mass is 16.2. The molecule has 0 spiro atoms.